The molecule has 8 heteroatoms. The van der Waals surface area contributed by atoms with Crippen molar-refractivity contribution in [1.29, 1.82) is 0 Å². The molecule has 3 rings (SSSR count). The van der Waals surface area contributed by atoms with Gasteiger partial charge in [-0.05, 0) is 47.3 Å². The molecule has 6 nitrogen and oxygen atoms in total. The Kier molecular flexibility index (Phi) is 9.94. The molecule has 0 saturated heterocycles. The second-order valence-corrected chi connectivity index (χ2v) is 18.3. The Bertz CT molecular complexity index is 1110. The third-order valence-electron chi connectivity index (χ3n) is 7.47. The molecule has 1 aliphatic rings. The molecule has 0 bridgehead atoms. The summed E-state index contributed by atoms with van der Waals surface area (Å²) in [6.07, 6.45) is 0.832. The average molecular weight is 546 g/mol. The number of sulfonamides is 1. The van der Waals surface area contributed by atoms with Gasteiger partial charge in [-0.3, -0.25) is 0 Å². The third-order valence-corrected chi connectivity index (χ3v) is 15.4. The standard InChI is InChI=1S/C29H43NO5SSi/c1-21(2)37(22(3)4,23(5)6)34-20-28-27(31)17-18-29(35-28)30(19-25-11-9-8-10-12-25)36(32,33)26-15-13-24(7)14-16-26/h8-18,21-23,27-29,31H,19-20H2,1-7H3/t27-,28-,29-/m1/s1. The quantitative estimate of drug-likeness (QED) is 0.276. The van der Waals surface area contributed by atoms with Gasteiger partial charge in [0.05, 0.1) is 11.5 Å². The summed E-state index contributed by atoms with van der Waals surface area (Å²) in [5.41, 5.74) is 2.99. The first kappa shape index (κ1) is 29.7. The first-order valence-corrected chi connectivity index (χ1v) is 16.8. The van der Waals surface area contributed by atoms with E-state index >= 15 is 0 Å². The van der Waals surface area contributed by atoms with Crippen LogP contribution in [-0.4, -0.2) is 51.2 Å². The second-order valence-electron chi connectivity index (χ2n) is 10.9. The van der Waals surface area contributed by atoms with Gasteiger partial charge in [0.15, 0.2) is 8.32 Å². The van der Waals surface area contributed by atoms with Crippen molar-refractivity contribution >= 4 is 18.3 Å². The van der Waals surface area contributed by atoms with Crippen molar-refractivity contribution in [1.82, 2.24) is 4.31 Å². The lowest BCUT2D eigenvalue weighted by Crippen LogP contribution is -2.52. The zero-order valence-electron chi connectivity index (χ0n) is 23.2. The van der Waals surface area contributed by atoms with E-state index < -0.39 is 36.8 Å². The van der Waals surface area contributed by atoms with Crippen LogP contribution in [0.15, 0.2) is 71.6 Å². The molecular formula is C29H43NO5SSi. The molecule has 204 valence electrons. The summed E-state index contributed by atoms with van der Waals surface area (Å²) in [5, 5.41) is 10.8. The number of aliphatic hydroxyl groups excluding tert-OH is 1. The Morgan fingerprint density at radius 3 is 2.03 bits per heavy atom. The number of rotatable bonds is 11. The molecule has 0 unspecified atom stereocenters. The molecule has 0 aromatic heterocycles. The SMILES string of the molecule is Cc1ccc(S(=O)(=O)N(Cc2ccccc2)[C@H]2C=C[C@@H](O)[C@@H](CO[Si](C(C)C)(C(C)C)C(C)C)O2)cc1. The highest BCUT2D eigenvalue weighted by molar-refractivity contribution is 7.89. The van der Waals surface area contributed by atoms with Gasteiger partial charge >= 0.3 is 0 Å². The van der Waals surface area contributed by atoms with Crippen LogP contribution >= 0.6 is 0 Å². The van der Waals surface area contributed by atoms with E-state index in [0.29, 0.717) is 16.6 Å². The molecule has 0 aliphatic carbocycles. The van der Waals surface area contributed by atoms with Crippen molar-refractivity contribution in [2.24, 2.45) is 0 Å². The van der Waals surface area contributed by atoms with Crippen molar-refractivity contribution in [2.75, 3.05) is 6.61 Å². The number of benzene rings is 2. The summed E-state index contributed by atoms with van der Waals surface area (Å²) in [6.45, 7) is 15.5. The molecule has 1 aliphatic heterocycles. The van der Waals surface area contributed by atoms with E-state index in [1.54, 1.807) is 36.4 Å². The number of aryl methyl sites for hydroxylation is 1. The van der Waals surface area contributed by atoms with Crippen molar-refractivity contribution < 1.29 is 22.7 Å². The summed E-state index contributed by atoms with van der Waals surface area (Å²) in [7, 11) is -6.09. The summed E-state index contributed by atoms with van der Waals surface area (Å²) >= 11 is 0. The largest absolute Gasteiger partial charge is 0.413 e. The van der Waals surface area contributed by atoms with Gasteiger partial charge in [0.1, 0.15) is 18.4 Å². The number of ether oxygens (including phenoxy) is 1. The molecular weight excluding hydrogens is 502 g/mol. The maximum absolute atomic E-state index is 13.8. The Labute approximate surface area is 224 Å². The van der Waals surface area contributed by atoms with E-state index in [1.165, 1.54) is 4.31 Å². The zero-order chi connectivity index (χ0) is 27.4. The van der Waals surface area contributed by atoms with Crippen LogP contribution in [0.2, 0.25) is 16.6 Å². The lowest BCUT2D eigenvalue weighted by Gasteiger charge is -2.44. The van der Waals surface area contributed by atoms with Crippen molar-refractivity contribution in [3.05, 3.63) is 77.9 Å². The summed E-state index contributed by atoms with van der Waals surface area (Å²) in [4.78, 5) is 0.204. The molecule has 1 N–H and O–H groups in total. The van der Waals surface area contributed by atoms with Crippen molar-refractivity contribution in [3.8, 4) is 0 Å². The highest BCUT2D eigenvalue weighted by Crippen LogP contribution is 2.42. The van der Waals surface area contributed by atoms with Crippen LogP contribution in [0.25, 0.3) is 0 Å². The Balaban J connectivity index is 1.92. The number of nitrogens with zero attached hydrogens (tertiary/aromatic N) is 1. The number of aliphatic hydroxyl groups is 1. The fourth-order valence-electron chi connectivity index (χ4n) is 5.59. The van der Waals surface area contributed by atoms with Crippen LogP contribution in [0.4, 0.5) is 0 Å². The van der Waals surface area contributed by atoms with Gasteiger partial charge in [-0.1, -0.05) is 95.6 Å². The van der Waals surface area contributed by atoms with Gasteiger partial charge in [-0.25, -0.2) is 8.42 Å². The maximum atomic E-state index is 13.8. The topological polar surface area (TPSA) is 76.1 Å². The lowest BCUT2D eigenvalue weighted by atomic mass is 10.1. The van der Waals surface area contributed by atoms with E-state index in [-0.39, 0.29) is 18.0 Å². The maximum Gasteiger partial charge on any atom is 0.245 e. The van der Waals surface area contributed by atoms with Crippen LogP contribution in [0.5, 0.6) is 0 Å². The second kappa shape index (κ2) is 12.4. The minimum absolute atomic E-state index is 0.137. The summed E-state index contributed by atoms with van der Waals surface area (Å²) in [6, 6.07) is 16.3. The van der Waals surface area contributed by atoms with E-state index in [1.807, 2.05) is 37.3 Å². The van der Waals surface area contributed by atoms with E-state index in [2.05, 4.69) is 41.5 Å². The first-order valence-electron chi connectivity index (χ1n) is 13.2. The van der Waals surface area contributed by atoms with E-state index in [9.17, 15) is 13.5 Å². The molecule has 0 spiro atoms. The van der Waals surface area contributed by atoms with Gasteiger partial charge in [-0.2, -0.15) is 4.31 Å². The van der Waals surface area contributed by atoms with Gasteiger partial charge in [0.25, 0.3) is 0 Å². The van der Waals surface area contributed by atoms with Gasteiger partial charge in [0.2, 0.25) is 10.0 Å². The van der Waals surface area contributed by atoms with Crippen LogP contribution in [-0.2, 0) is 25.7 Å². The monoisotopic (exact) mass is 545 g/mol. The van der Waals surface area contributed by atoms with Crippen LogP contribution in [0.1, 0.15) is 52.7 Å². The molecule has 3 atom stereocenters. The Hall–Kier alpha value is -1.81. The number of hydrogen-bond acceptors (Lipinski definition) is 5. The molecule has 0 radical (unpaired) electrons. The Morgan fingerprint density at radius 2 is 1.49 bits per heavy atom. The summed E-state index contributed by atoms with van der Waals surface area (Å²) < 4.78 is 42.1. The van der Waals surface area contributed by atoms with Gasteiger partial charge < -0.3 is 14.3 Å². The summed E-state index contributed by atoms with van der Waals surface area (Å²) in [5.74, 6) is 0. The van der Waals surface area contributed by atoms with Crippen LogP contribution < -0.4 is 0 Å². The highest BCUT2D eigenvalue weighted by atomic mass is 32.2. The molecule has 2 aromatic rings. The first-order chi connectivity index (χ1) is 17.4. The molecule has 0 amide bonds. The van der Waals surface area contributed by atoms with Crippen molar-refractivity contribution in [3.63, 3.8) is 0 Å². The minimum atomic E-state index is -3.90. The normalized spacial score (nSPS) is 20.9. The third kappa shape index (κ3) is 6.61. The van der Waals surface area contributed by atoms with E-state index in [0.717, 1.165) is 11.1 Å². The van der Waals surface area contributed by atoms with Crippen LogP contribution in [0, 0.1) is 6.92 Å². The fourth-order valence-corrected chi connectivity index (χ4v) is 12.5. The molecule has 0 saturated carbocycles. The lowest BCUT2D eigenvalue weighted by molar-refractivity contribution is -0.110. The van der Waals surface area contributed by atoms with Gasteiger partial charge in [-0.15, -0.1) is 0 Å². The van der Waals surface area contributed by atoms with E-state index in [4.69, 9.17) is 9.16 Å². The van der Waals surface area contributed by atoms with Gasteiger partial charge in [0, 0.05) is 6.54 Å². The highest BCUT2D eigenvalue weighted by Gasteiger charge is 2.46. The molecule has 1 heterocycles. The zero-order valence-corrected chi connectivity index (χ0v) is 25.0. The molecule has 2 aromatic carbocycles. The minimum Gasteiger partial charge on any atom is -0.413 e. The smallest absolute Gasteiger partial charge is 0.245 e. The molecule has 37 heavy (non-hydrogen) atoms. The van der Waals surface area contributed by atoms with Crippen molar-refractivity contribution in [2.45, 2.75) is 95.0 Å². The van der Waals surface area contributed by atoms with Crippen LogP contribution in [0.3, 0.4) is 0 Å². The fraction of sp³-hybridized carbons (Fsp3) is 0.517. The molecule has 0 fully saturated rings. The average Bonchev–Trinajstić information content (AvgIpc) is 2.84. The Morgan fingerprint density at radius 1 is 0.919 bits per heavy atom. The predicted molar refractivity (Wildman–Crippen MR) is 151 cm³/mol. The number of hydrogen-bond donors (Lipinski definition) is 1. The predicted octanol–water partition coefficient (Wildman–Crippen LogP) is 6.02.